The van der Waals surface area contributed by atoms with E-state index in [4.69, 9.17) is 10.2 Å². The molecule has 6 N–H and O–H groups in total. The molecule has 18 heavy (non-hydrogen) atoms. The van der Waals surface area contributed by atoms with E-state index >= 15 is 0 Å². The van der Waals surface area contributed by atoms with E-state index in [2.05, 4.69) is 9.47 Å². The van der Waals surface area contributed by atoms with Crippen LogP contribution in [0.15, 0.2) is 0 Å². The molecule has 0 amide bonds. The molecule has 106 valence electrons. The van der Waals surface area contributed by atoms with Crippen molar-refractivity contribution in [3.8, 4) is 0 Å². The van der Waals surface area contributed by atoms with Gasteiger partial charge in [0.1, 0.15) is 24.4 Å². The SMILES string of the molecule is CC(O)C(=O)OC1(O)OC(CO)C(O)C(O)C1O. The molecule has 1 rings (SSSR count). The Morgan fingerprint density at radius 2 is 1.94 bits per heavy atom. The Hall–Kier alpha value is -0.810. The van der Waals surface area contributed by atoms with E-state index in [-0.39, 0.29) is 0 Å². The van der Waals surface area contributed by atoms with Crippen LogP contribution in [0.5, 0.6) is 0 Å². The first-order valence-electron chi connectivity index (χ1n) is 5.19. The number of carbonyl (C=O) groups excluding carboxylic acids is 1. The van der Waals surface area contributed by atoms with E-state index in [0.717, 1.165) is 6.92 Å². The number of aliphatic hydroxyl groups excluding tert-OH is 5. The van der Waals surface area contributed by atoms with Gasteiger partial charge in [-0.1, -0.05) is 0 Å². The van der Waals surface area contributed by atoms with E-state index in [0.29, 0.717) is 0 Å². The molecule has 1 aliphatic rings. The van der Waals surface area contributed by atoms with Gasteiger partial charge in [0.05, 0.1) is 6.61 Å². The second kappa shape index (κ2) is 5.45. The third kappa shape index (κ3) is 2.78. The highest BCUT2D eigenvalue weighted by molar-refractivity contribution is 5.74. The Kier molecular flexibility index (Phi) is 4.61. The zero-order valence-electron chi connectivity index (χ0n) is 9.50. The van der Waals surface area contributed by atoms with Crippen LogP contribution in [-0.4, -0.2) is 79.7 Å². The summed E-state index contributed by atoms with van der Waals surface area (Å²) in [4.78, 5) is 11.1. The monoisotopic (exact) mass is 268 g/mol. The lowest BCUT2D eigenvalue weighted by molar-refractivity contribution is -0.435. The zero-order valence-corrected chi connectivity index (χ0v) is 9.50. The molecule has 1 aliphatic heterocycles. The van der Waals surface area contributed by atoms with Crippen molar-refractivity contribution >= 4 is 5.97 Å². The molecule has 9 nitrogen and oxygen atoms in total. The molecule has 0 saturated carbocycles. The number of esters is 1. The molecule has 0 bridgehead atoms. The maximum Gasteiger partial charge on any atom is 0.357 e. The van der Waals surface area contributed by atoms with Gasteiger partial charge in [-0.25, -0.2) is 4.79 Å². The van der Waals surface area contributed by atoms with E-state index < -0.39 is 49.1 Å². The summed E-state index contributed by atoms with van der Waals surface area (Å²) in [5.41, 5.74) is 0. The minimum Gasteiger partial charge on any atom is -0.404 e. The van der Waals surface area contributed by atoms with E-state index in [1.807, 2.05) is 0 Å². The molecule has 0 radical (unpaired) electrons. The molecule has 1 saturated heterocycles. The van der Waals surface area contributed by atoms with Gasteiger partial charge in [0, 0.05) is 0 Å². The molecule has 0 aromatic carbocycles. The lowest BCUT2D eigenvalue weighted by Gasteiger charge is -2.43. The summed E-state index contributed by atoms with van der Waals surface area (Å²) in [6.45, 7) is 0.259. The molecule has 6 atom stereocenters. The second-order valence-corrected chi connectivity index (χ2v) is 3.99. The van der Waals surface area contributed by atoms with Gasteiger partial charge in [0.2, 0.25) is 0 Å². The van der Waals surface area contributed by atoms with Crippen molar-refractivity contribution in [1.82, 2.24) is 0 Å². The van der Waals surface area contributed by atoms with Gasteiger partial charge in [-0.15, -0.1) is 0 Å². The van der Waals surface area contributed by atoms with Gasteiger partial charge in [-0.2, -0.15) is 0 Å². The van der Waals surface area contributed by atoms with Crippen LogP contribution in [0.4, 0.5) is 0 Å². The predicted octanol–water partition coefficient (Wildman–Crippen LogP) is -3.97. The van der Waals surface area contributed by atoms with Crippen molar-refractivity contribution in [3.05, 3.63) is 0 Å². The topological polar surface area (TPSA) is 157 Å². The number of hydrogen-bond donors (Lipinski definition) is 6. The van der Waals surface area contributed by atoms with Gasteiger partial charge in [0.15, 0.2) is 6.10 Å². The Balaban J connectivity index is 2.88. The van der Waals surface area contributed by atoms with Crippen LogP contribution in [-0.2, 0) is 14.3 Å². The number of ether oxygens (including phenoxy) is 2. The van der Waals surface area contributed by atoms with Gasteiger partial charge in [-0.3, -0.25) is 0 Å². The van der Waals surface area contributed by atoms with Gasteiger partial charge in [0.25, 0.3) is 0 Å². The molecule has 9 heteroatoms. The molecule has 0 aromatic heterocycles. The van der Waals surface area contributed by atoms with Gasteiger partial charge in [-0.05, 0) is 6.92 Å². The van der Waals surface area contributed by atoms with Gasteiger partial charge < -0.3 is 40.1 Å². The molecule has 1 heterocycles. The summed E-state index contributed by atoms with van der Waals surface area (Å²) in [5, 5.41) is 55.8. The highest BCUT2D eigenvalue weighted by Gasteiger charge is 2.56. The van der Waals surface area contributed by atoms with Crippen LogP contribution in [0.25, 0.3) is 0 Å². The first kappa shape index (κ1) is 15.2. The summed E-state index contributed by atoms with van der Waals surface area (Å²) >= 11 is 0. The molecule has 0 aliphatic carbocycles. The zero-order chi connectivity index (χ0) is 14.1. The average molecular weight is 268 g/mol. The summed E-state index contributed by atoms with van der Waals surface area (Å²) in [7, 11) is 0. The van der Waals surface area contributed by atoms with Crippen molar-refractivity contribution in [2.45, 2.75) is 43.4 Å². The standard InChI is InChI=1S/C9H16O9/c1-3(11)8(15)18-9(16)7(14)6(13)5(12)4(2-10)17-9/h3-7,10-14,16H,2H2,1H3. The fourth-order valence-electron chi connectivity index (χ4n) is 1.44. The van der Waals surface area contributed by atoms with Crippen molar-refractivity contribution in [3.63, 3.8) is 0 Å². The van der Waals surface area contributed by atoms with Crippen molar-refractivity contribution < 1.29 is 44.9 Å². The van der Waals surface area contributed by atoms with E-state index in [1.54, 1.807) is 0 Å². The van der Waals surface area contributed by atoms with E-state index in [9.17, 15) is 25.2 Å². The third-order valence-corrected chi connectivity index (χ3v) is 2.52. The molecule has 6 unspecified atom stereocenters. The van der Waals surface area contributed by atoms with Crippen LogP contribution in [0.3, 0.4) is 0 Å². The second-order valence-electron chi connectivity index (χ2n) is 3.99. The molecule has 1 fully saturated rings. The summed E-state index contributed by atoms with van der Waals surface area (Å²) in [6.07, 6.45) is -8.78. The number of hydrogen-bond acceptors (Lipinski definition) is 9. The quantitative estimate of drug-likeness (QED) is 0.222. The maximum atomic E-state index is 11.1. The lowest BCUT2D eigenvalue weighted by atomic mass is 9.98. The predicted molar refractivity (Wildman–Crippen MR) is 52.7 cm³/mol. The minimum atomic E-state index is -2.96. The minimum absolute atomic E-state index is 0.792. The Morgan fingerprint density at radius 1 is 1.39 bits per heavy atom. The molecule has 0 aromatic rings. The van der Waals surface area contributed by atoms with Crippen LogP contribution in [0.1, 0.15) is 6.92 Å². The molecule has 0 spiro atoms. The first-order chi connectivity index (χ1) is 8.23. The summed E-state index contributed by atoms with van der Waals surface area (Å²) in [5.74, 6) is -4.27. The summed E-state index contributed by atoms with van der Waals surface area (Å²) < 4.78 is 8.95. The van der Waals surface area contributed by atoms with Crippen LogP contribution in [0.2, 0.25) is 0 Å². The molecular weight excluding hydrogens is 252 g/mol. The maximum absolute atomic E-state index is 11.1. The fourth-order valence-corrected chi connectivity index (χ4v) is 1.44. The normalized spacial score (nSPS) is 42.4. The smallest absolute Gasteiger partial charge is 0.357 e. The van der Waals surface area contributed by atoms with Crippen molar-refractivity contribution in [2.75, 3.05) is 6.61 Å². The fraction of sp³-hybridized carbons (Fsp3) is 0.889. The van der Waals surface area contributed by atoms with Crippen molar-refractivity contribution in [2.24, 2.45) is 0 Å². The number of aliphatic hydroxyl groups is 6. The van der Waals surface area contributed by atoms with Crippen LogP contribution >= 0.6 is 0 Å². The Labute approximate surface area is 102 Å². The van der Waals surface area contributed by atoms with Crippen LogP contribution in [0, 0.1) is 0 Å². The molecular formula is C9H16O9. The highest BCUT2D eigenvalue weighted by atomic mass is 16.8. The lowest BCUT2D eigenvalue weighted by Crippen LogP contribution is -2.66. The van der Waals surface area contributed by atoms with Gasteiger partial charge >= 0.3 is 11.9 Å². The third-order valence-electron chi connectivity index (χ3n) is 2.52. The van der Waals surface area contributed by atoms with E-state index in [1.165, 1.54) is 0 Å². The Bertz CT molecular complexity index is 304. The van der Waals surface area contributed by atoms with Crippen molar-refractivity contribution in [1.29, 1.82) is 0 Å². The largest absolute Gasteiger partial charge is 0.404 e. The highest BCUT2D eigenvalue weighted by Crippen LogP contribution is 2.29. The first-order valence-corrected chi connectivity index (χ1v) is 5.19. The number of rotatable bonds is 3. The van der Waals surface area contributed by atoms with Crippen LogP contribution < -0.4 is 0 Å². The summed E-state index contributed by atoms with van der Waals surface area (Å²) in [6, 6.07) is 0. The Morgan fingerprint density at radius 3 is 2.39 bits per heavy atom. The average Bonchev–Trinajstić information content (AvgIpc) is 2.31. The number of carbonyl (C=O) groups is 1.